The standard InChI is InChI=1S/C22H30N8OS/c1-7-8-30-18(9-17(28-30)22(3,4)5)27-21-26-16(12-32-21)15-10-23-19(20(25-15)31-6)29-11-14(2)24-13-29/h9-11,13,21,27H,7-8,12H2,1-6H3. The minimum atomic E-state index is -0.103. The molecule has 4 heterocycles. The fourth-order valence-corrected chi connectivity index (χ4v) is 4.30. The zero-order valence-electron chi connectivity index (χ0n) is 19.5. The van der Waals surface area contributed by atoms with Crippen molar-refractivity contribution in [1.82, 2.24) is 29.3 Å². The number of anilines is 1. The predicted octanol–water partition coefficient (Wildman–Crippen LogP) is 3.81. The first kappa shape index (κ1) is 22.3. The normalized spacial score (nSPS) is 16.3. The molecule has 0 aliphatic carbocycles. The number of methoxy groups -OCH3 is 1. The van der Waals surface area contributed by atoms with Gasteiger partial charge in [0.15, 0.2) is 5.50 Å². The van der Waals surface area contributed by atoms with Crippen LogP contribution >= 0.6 is 11.8 Å². The van der Waals surface area contributed by atoms with Crippen molar-refractivity contribution in [3.8, 4) is 11.7 Å². The number of thioether (sulfide) groups is 1. The number of rotatable bonds is 7. The number of hydrogen-bond acceptors (Lipinski definition) is 8. The van der Waals surface area contributed by atoms with Gasteiger partial charge < -0.3 is 10.1 Å². The molecule has 1 atom stereocenters. The van der Waals surface area contributed by atoms with Crippen LogP contribution in [-0.4, -0.2) is 53.4 Å². The van der Waals surface area contributed by atoms with Crippen LogP contribution in [0.3, 0.4) is 0 Å². The van der Waals surface area contributed by atoms with E-state index in [1.165, 1.54) is 0 Å². The van der Waals surface area contributed by atoms with Gasteiger partial charge in [0.2, 0.25) is 5.82 Å². The maximum Gasteiger partial charge on any atom is 0.258 e. The first-order valence-corrected chi connectivity index (χ1v) is 11.8. The van der Waals surface area contributed by atoms with Crippen molar-refractivity contribution in [3.63, 3.8) is 0 Å². The van der Waals surface area contributed by atoms with E-state index in [4.69, 9.17) is 14.8 Å². The minimum Gasteiger partial charge on any atom is -0.478 e. The minimum absolute atomic E-state index is 0.00562. The van der Waals surface area contributed by atoms with Crippen molar-refractivity contribution in [2.45, 2.75) is 58.5 Å². The Morgan fingerprint density at radius 2 is 2.09 bits per heavy atom. The average molecular weight is 455 g/mol. The summed E-state index contributed by atoms with van der Waals surface area (Å²) in [5.74, 6) is 2.79. The quantitative estimate of drug-likeness (QED) is 0.580. The molecule has 3 aromatic heterocycles. The molecule has 1 N–H and O–H groups in total. The Balaban J connectivity index is 1.56. The largest absolute Gasteiger partial charge is 0.478 e. The molecule has 1 aliphatic heterocycles. The van der Waals surface area contributed by atoms with Gasteiger partial charge in [-0.2, -0.15) is 5.10 Å². The molecule has 0 saturated carbocycles. The number of nitrogens with zero attached hydrogens (tertiary/aromatic N) is 7. The number of imidazole rings is 1. The topological polar surface area (TPSA) is 95.0 Å². The van der Waals surface area contributed by atoms with E-state index in [2.05, 4.69) is 54.0 Å². The van der Waals surface area contributed by atoms with Gasteiger partial charge in [-0.25, -0.2) is 19.6 Å². The molecule has 10 heteroatoms. The molecule has 1 unspecified atom stereocenters. The third-order valence-corrected chi connectivity index (χ3v) is 6.05. The lowest BCUT2D eigenvalue weighted by Crippen LogP contribution is -2.15. The summed E-state index contributed by atoms with van der Waals surface area (Å²) in [6.45, 7) is 11.5. The zero-order valence-corrected chi connectivity index (χ0v) is 20.3. The summed E-state index contributed by atoms with van der Waals surface area (Å²) in [4.78, 5) is 18.3. The monoisotopic (exact) mass is 454 g/mol. The maximum absolute atomic E-state index is 5.50. The Morgan fingerprint density at radius 1 is 1.28 bits per heavy atom. The van der Waals surface area contributed by atoms with Crippen LogP contribution in [0.5, 0.6) is 5.88 Å². The summed E-state index contributed by atoms with van der Waals surface area (Å²) < 4.78 is 9.35. The van der Waals surface area contributed by atoms with Gasteiger partial charge in [0, 0.05) is 30.0 Å². The summed E-state index contributed by atoms with van der Waals surface area (Å²) in [7, 11) is 1.60. The van der Waals surface area contributed by atoms with Crippen molar-refractivity contribution >= 4 is 23.3 Å². The molecule has 0 aromatic carbocycles. The van der Waals surface area contributed by atoms with Crippen molar-refractivity contribution in [2.75, 3.05) is 18.2 Å². The van der Waals surface area contributed by atoms with Gasteiger partial charge in [0.05, 0.1) is 30.4 Å². The fraction of sp³-hybridized carbons (Fsp3) is 0.500. The lowest BCUT2D eigenvalue weighted by atomic mass is 9.92. The number of aryl methyl sites for hydroxylation is 2. The third kappa shape index (κ3) is 4.64. The molecular weight excluding hydrogens is 424 g/mol. The number of nitrogens with one attached hydrogen (secondary N) is 1. The number of aromatic nitrogens is 6. The summed E-state index contributed by atoms with van der Waals surface area (Å²) in [5.41, 5.74) is 3.48. The summed E-state index contributed by atoms with van der Waals surface area (Å²) >= 11 is 1.72. The molecule has 0 saturated heterocycles. The molecule has 0 bridgehead atoms. The molecule has 170 valence electrons. The van der Waals surface area contributed by atoms with Crippen LogP contribution in [0.15, 0.2) is 29.8 Å². The number of ether oxygens (including phenoxy) is 1. The second-order valence-electron chi connectivity index (χ2n) is 8.78. The predicted molar refractivity (Wildman–Crippen MR) is 128 cm³/mol. The molecule has 9 nitrogen and oxygen atoms in total. The van der Waals surface area contributed by atoms with E-state index >= 15 is 0 Å². The lowest BCUT2D eigenvalue weighted by molar-refractivity contribution is 0.393. The second-order valence-corrected chi connectivity index (χ2v) is 9.85. The van der Waals surface area contributed by atoms with E-state index in [1.54, 1.807) is 31.4 Å². The van der Waals surface area contributed by atoms with Crippen LogP contribution in [0.25, 0.3) is 5.82 Å². The molecule has 0 spiro atoms. The van der Waals surface area contributed by atoms with Gasteiger partial charge in [-0.3, -0.25) is 9.56 Å². The van der Waals surface area contributed by atoms with E-state index in [9.17, 15) is 0 Å². The van der Waals surface area contributed by atoms with Crippen LogP contribution < -0.4 is 10.1 Å². The first-order valence-electron chi connectivity index (χ1n) is 10.7. The molecule has 32 heavy (non-hydrogen) atoms. The van der Waals surface area contributed by atoms with Crippen LogP contribution in [0, 0.1) is 6.92 Å². The Bertz CT molecular complexity index is 1130. The molecular formula is C22H30N8OS. The van der Waals surface area contributed by atoms with Crippen LogP contribution in [-0.2, 0) is 12.0 Å². The lowest BCUT2D eigenvalue weighted by Gasteiger charge is -2.13. The maximum atomic E-state index is 5.50. The van der Waals surface area contributed by atoms with Gasteiger partial charge in [-0.05, 0) is 13.3 Å². The van der Waals surface area contributed by atoms with Crippen LogP contribution in [0.1, 0.15) is 51.2 Å². The smallest absolute Gasteiger partial charge is 0.258 e. The van der Waals surface area contributed by atoms with Crippen molar-refractivity contribution in [2.24, 2.45) is 4.99 Å². The molecule has 1 aliphatic rings. The zero-order chi connectivity index (χ0) is 22.9. The van der Waals surface area contributed by atoms with Crippen molar-refractivity contribution < 1.29 is 4.74 Å². The Labute approximate surface area is 192 Å². The van der Waals surface area contributed by atoms with Crippen LogP contribution in [0.2, 0.25) is 0 Å². The summed E-state index contributed by atoms with van der Waals surface area (Å²) in [6.07, 6.45) is 6.36. The van der Waals surface area contributed by atoms with Crippen molar-refractivity contribution in [3.05, 3.63) is 41.9 Å². The van der Waals surface area contributed by atoms with E-state index in [0.717, 1.165) is 47.3 Å². The number of aliphatic imine (C=N–C) groups is 1. The van der Waals surface area contributed by atoms with E-state index in [1.807, 2.05) is 22.4 Å². The van der Waals surface area contributed by atoms with Gasteiger partial charge in [-0.1, -0.05) is 27.7 Å². The Kier molecular flexibility index (Phi) is 6.23. The molecule has 0 fully saturated rings. The molecule has 3 aromatic rings. The van der Waals surface area contributed by atoms with E-state index in [0.29, 0.717) is 11.7 Å². The molecule has 0 amide bonds. The van der Waals surface area contributed by atoms with Gasteiger partial charge in [0.1, 0.15) is 17.8 Å². The van der Waals surface area contributed by atoms with Crippen LogP contribution in [0.4, 0.5) is 5.82 Å². The highest BCUT2D eigenvalue weighted by Crippen LogP contribution is 2.29. The molecule has 0 radical (unpaired) electrons. The van der Waals surface area contributed by atoms with E-state index in [-0.39, 0.29) is 10.9 Å². The number of hydrogen-bond donors (Lipinski definition) is 1. The fourth-order valence-electron chi connectivity index (χ4n) is 3.35. The van der Waals surface area contributed by atoms with Gasteiger partial charge >= 0.3 is 0 Å². The first-order chi connectivity index (χ1) is 15.3. The van der Waals surface area contributed by atoms with Gasteiger partial charge in [0.25, 0.3) is 5.88 Å². The highest BCUT2D eigenvalue weighted by Gasteiger charge is 2.25. The summed E-state index contributed by atoms with van der Waals surface area (Å²) in [6, 6.07) is 2.13. The Morgan fingerprint density at radius 3 is 2.75 bits per heavy atom. The SMILES string of the molecule is CCCn1nc(C(C)(C)C)cc1NC1N=C(c2cnc(-n3cnc(C)c3)c(OC)n2)CS1. The highest BCUT2D eigenvalue weighted by atomic mass is 32.2. The van der Waals surface area contributed by atoms with Gasteiger partial charge in [-0.15, -0.1) is 11.8 Å². The second kappa shape index (κ2) is 8.93. The third-order valence-electron chi connectivity index (χ3n) is 5.07. The average Bonchev–Trinajstić information content (AvgIpc) is 3.48. The summed E-state index contributed by atoms with van der Waals surface area (Å²) in [5, 5.41) is 8.34. The molecule has 4 rings (SSSR count). The van der Waals surface area contributed by atoms with E-state index < -0.39 is 0 Å². The van der Waals surface area contributed by atoms with Crippen molar-refractivity contribution in [1.29, 1.82) is 0 Å². The highest BCUT2D eigenvalue weighted by molar-refractivity contribution is 8.01. The Hall–Kier alpha value is -2.88.